The highest BCUT2D eigenvalue weighted by molar-refractivity contribution is 6.06. The van der Waals surface area contributed by atoms with Crippen LogP contribution in [-0.2, 0) is 19.0 Å². The summed E-state index contributed by atoms with van der Waals surface area (Å²) >= 11 is 0. The van der Waals surface area contributed by atoms with E-state index in [1.165, 1.54) is 6.08 Å². The standard InChI is InChI=1S/C41H53N3O7/c1-6-44-23-38(51-37(46)28-9-7-8-10-30(28)43-36(45)12-11-27-17-25(24(2)3)14-16-42-27)15-13-35(50-5)39-21-31(44)29(19-33(38)39)40(47)22-32(49-4)26-18-34(39)41(40,48)20-26/h7-12,14,16-17,24,26,29,31-35,47-48H,6,13,15,18-23H2,1-5H3,(H,43,45)/b12-11+/t26-,29+,31?,32-,33?,34-,35-,38+,39+,40-,41+/m0/s1. The molecule has 2 aliphatic heterocycles. The second-order valence-corrected chi connectivity index (χ2v) is 16.7. The van der Waals surface area contributed by atoms with Crippen molar-refractivity contribution in [3.63, 3.8) is 0 Å². The van der Waals surface area contributed by atoms with Crippen molar-refractivity contribution < 1.29 is 34.0 Å². The van der Waals surface area contributed by atoms with E-state index in [1.54, 1.807) is 50.8 Å². The van der Waals surface area contributed by atoms with Gasteiger partial charge in [-0.15, -0.1) is 0 Å². The van der Waals surface area contributed by atoms with Crippen LogP contribution < -0.4 is 5.32 Å². The lowest BCUT2D eigenvalue weighted by atomic mass is 9.48. The fourth-order valence-corrected chi connectivity index (χ4v) is 12.4. The number of carbonyl (C=O) groups is 2. The topological polar surface area (TPSA) is 130 Å². The number of rotatable bonds is 9. The van der Waals surface area contributed by atoms with Crippen molar-refractivity contribution in [3.05, 3.63) is 65.5 Å². The van der Waals surface area contributed by atoms with Crippen LogP contribution in [0.3, 0.4) is 0 Å². The number of carbonyl (C=O) groups excluding carboxylic acids is 2. The maximum Gasteiger partial charge on any atom is 0.340 e. The van der Waals surface area contributed by atoms with Crippen LogP contribution in [0, 0.1) is 29.1 Å². The van der Waals surface area contributed by atoms with E-state index in [-0.39, 0.29) is 47.8 Å². The fraction of sp³-hybridized carbons (Fsp3) is 0.634. The zero-order valence-electron chi connectivity index (χ0n) is 30.5. The van der Waals surface area contributed by atoms with Gasteiger partial charge in [0.1, 0.15) is 11.2 Å². The number of fused-ring (bicyclic) bond motifs is 2. The number of para-hydroxylation sites is 1. The Hall–Kier alpha value is -3.15. The first kappa shape index (κ1) is 34.9. The molecule has 274 valence electrons. The fourth-order valence-electron chi connectivity index (χ4n) is 12.4. The molecular weight excluding hydrogens is 646 g/mol. The van der Waals surface area contributed by atoms with Gasteiger partial charge in [-0.3, -0.25) is 14.7 Å². The molecule has 1 spiro atoms. The molecule has 10 nitrogen and oxygen atoms in total. The Balaban J connectivity index is 1.13. The molecule has 2 aromatic rings. The molecule has 1 aromatic heterocycles. The maximum atomic E-state index is 14.5. The SMILES string of the molecule is CCN1C[C@]2(OC(=O)c3ccccc3NC(=O)/C=C/c3cc(C(C)C)ccn3)CC[C@H](OC)[C@]34CC1[C@@H](CC23)[C@@]1(O)C[C@H](OC)[C@H]2C[C@@H]4[C@]1(O)C2. The highest BCUT2D eigenvalue weighted by atomic mass is 16.6. The lowest BCUT2D eigenvalue weighted by Crippen LogP contribution is -2.67. The highest BCUT2D eigenvalue weighted by Crippen LogP contribution is 2.76. The van der Waals surface area contributed by atoms with Crippen molar-refractivity contribution in [3.8, 4) is 0 Å². The van der Waals surface area contributed by atoms with Gasteiger partial charge in [0.05, 0.1) is 34.8 Å². The van der Waals surface area contributed by atoms with E-state index in [4.69, 9.17) is 14.2 Å². The molecule has 7 bridgehead atoms. The molecule has 1 amide bonds. The van der Waals surface area contributed by atoms with Crippen LogP contribution in [0.25, 0.3) is 6.08 Å². The number of anilines is 1. The van der Waals surface area contributed by atoms with Gasteiger partial charge in [-0.2, -0.15) is 0 Å². The minimum absolute atomic E-state index is 0.00495. The van der Waals surface area contributed by atoms with Crippen LogP contribution in [0.15, 0.2) is 48.7 Å². The van der Waals surface area contributed by atoms with Crippen molar-refractivity contribution in [2.75, 3.05) is 32.6 Å². The van der Waals surface area contributed by atoms with Gasteiger partial charge in [0.2, 0.25) is 5.91 Å². The van der Waals surface area contributed by atoms with Crippen LogP contribution in [0.1, 0.15) is 93.3 Å². The largest absolute Gasteiger partial charge is 0.454 e. The van der Waals surface area contributed by atoms with Crippen molar-refractivity contribution in [1.82, 2.24) is 9.88 Å². The molecule has 3 N–H and O–H groups in total. The van der Waals surface area contributed by atoms with E-state index in [0.717, 1.165) is 24.9 Å². The lowest BCUT2D eigenvalue weighted by Gasteiger charge is -2.60. The van der Waals surface area contributed by atoms with Gasteiger partial charge in [0.15, 0.2) is 0 Å². The summed E-state index contributed by atoms with van der Waals surface area (Å²) in [6, 6.07) is 10.9. The number of ether oxygens (including phenoxy) is 3. The summed E-state index contributed by atoms with van der Waals surface area (Å²) in [5, 5.41) is 28.7. The highest BCUT2D eigenvalue weighted by Gasteiger charge is 2.82. The van der Waals surface area contributed by atoms with Gasteiger partial charge in [-0.25, -0.2) is 4.79 Å². The Bertz CT molecular complexity index is 1730. The number of aliphatic hydroxyl groups is 2. The molecule has 6 aliphatic carbocycles. The molecule has 0 radical (unpaired) electrons. The first-order chi connectivity index (χ1) is 24.4. The van der Waals surface area contributed by atoms with Crippen LogP contribution in [0.4, 0.5) is 5.69 Å². The van der Waals surface area contributed by atoms with Crippen LogP contribution in [0.5, 0.6) is 0 Å². The number of pyridine rings is 1. The third-order valence-electron chi connectivity index (χ3n) is 14.5. The predicted molar refractivity (Wildman–Crippen MR) is 192 cm³/mol. The quantitative estimate of drug-likeness (QED) is 0.239. The molecule has 10 heteroatoms. The van der Waals surface area contributed by atoms with Gasteiger partial charge in [-0.05, 0) is 98.7 Å². The number of methoxy groups -OCH3 is 2. The monoisotopic (exact) mass is 699 g/mol. The van der Waals surface area contributed by atoms with Crippen molar-refractivity contribution in [2.24, 2.45) is 29.1 Å². The zero-order valence-corrected chi connectivity index (χ0v) is 30.5. The number of benzene rings is 1. The predicted octanol–water partition coefficient (Wildman–Crippen LogP) is 5.20. The van der Waals surface area contributed by atoms with Crippen LogP contribution in [0.2, 0.25) is 0 Å². The molecule has 10 rings (SSSR count). The number of esters is 1. The Kier molecular flexibility index (Phi) is 8.54. The molecule has 2 saturated heterocycles. The number of likely N-dealkylation sites (N-methyl/N-ethyl adjacent to an activating group) is 1. The van der Waals surface area contributed by atoms with E-state index >= 15 is 0 Å². The van der Waals surface area contributed by atoms with E-state index in [1.807, 2.05) is 12.1 Å². The lowest BCUT2D eigenvalue weighted by molar-refractivity contribution is -0.240. The normalized spacial score (nSPS) is 40.7. The van der Waals surface area contributed by atoms with Crippen LogP contribution in [-0.4, -0.2) is 94.3 Å². The molecule has 8 fully saturated rings. The Morgan fingerprint density at radius 2 is 1.86 bits per heavy atom. The molecule has 2 unspecified atom stereocenters. The smallest absolute Gasteiger partial charge is 0.340 e. The second kappa shape index (κ2) is 12.5. The molecule has 6 saturated carbocycles. The number of aromatic nitrogens is 1. The minimum atomic E-state index is -1.32. The van der Waals surface area contributed by atoms with Crippen molar-refractivity contribution in [1.29, 1.82) is 0 Å². The Morgan fingerprint density at radius 1 is 1.06 bits per heavy atom. The van der Waals surface area contributed by atoms with E-state index in [2.05, 4.69) is 36.0 Å². The zero-order chi connectivity index (χ0) is 35.9. The summed E-state index contributed by atoms with van der Waals surface area (Å²) in [7, 11) is 3.50. The summed E-state index contributed by atoms with van der Waals surface area (Å²) in [6.45, 7) is 7.63. The maximum absolute atomic E-state index is 14.5. The van der Waals surface area contributed by atoms with Gasteiger partial charge in [-0.1, -0.05) is 32.9 Å². The summed E-state index contributed by atoms with van der Waals surface area (Å²) < 4.78 is 19.3. The molecule has 3 heterocycles. The number of hydrogen-bond donors (Lipinski definition) is 3. The Labute approximate surface area is 300 Å². The van der Waals surface area contributed by atoms with Gasteiger partial charge < -0.3 is 29.7 Å². The summed E-state index contributed by atoms with van der Waals surface area (Å²) in [5.41, 5.74) is -1.45. The van der Waals surface area contributed by atoms with Crippen molar-refractivity contribution >= 4 is 23.6 Å². The molecule has 11 atom stereocenters. The molecule has 1 aromatic carbocycles. The number of nitrogens with one attached hydrogen (secondary N) is 1. The van der Waals surface area contributed by atoms with E-state index < -0.39 is 28.2 Å². The third-order valence-corrected chi connectivity index (χ3v) is 14.5. The van der Waals surface area contributed by atoms with E-state index in [9.17, 15) is 19.8 Å². The first-order valence-corrected chi connectivity index (χ1v) is 18.9. The summed E-state index contributed by atoms with van der Waals surface area (Å²) in [5.74, 6) is -0.900. The first-order valence-electron chi connectivity index (χ1n) is 18.9. The number of hydrogen-bond acceptors (Lipinski definition) is 9. The average Bonchev–Trinajstić information content (AvgIpc) is 3.29. The molecule has 8 aliphatic rings. The van der Waals surface area contributed by atoms with Crippen LogP contribution >= 0.6 is 0 Å². The third kappa shape index (κ3) is 5.03. The van der Waals surface area contributed by atoms with Gasteiger partial charge in [0.25, 0.3) is 0 Å². The van der Waals surface area contributed by atoms with E-state index in [0.29, 0.717) is 61.5 Å². The van der Waals surface area contributed by atoms with Gasteiger partial charge >= 0.3 is 5.97 Å². The Morgan fingerprint density at radius 3 is 2.61 bits per heavy atom. The number of amides is 1. The minimum Gasteiger partial charge on any atom is -0.454 e. The van der Waals surface area contributed by atoms with Crippen molar-refractivity contribution in [2.45, 2.75) is 107 Å². The average molecular weight is 700 g/mol. The molecular formula is C41H53N3O7. The second-order valence-electron chi connectivity index (χ2n) is 16.7. The molecule has 51 heavy (non-hydrogen) atoms. The number of nitrogens with zero attached hydrogens (tertiary/aromatic N) is 2. The van der Waals surface area contributed by atoms with Gasteiger partial charge in [0, 0.05) is 62.8 Å². The summed E-state index contributed by atoms with van der Waals surface area (Å²) in [4.78, 5) is 34.5. The summed E-state index contributed by atoms with van der Waals surface area (Å²) in [6.07, 6.45) is 9.01.